The number of carbonyl (C=O) groups excluding carboxylic acids is 1. The van der Waals surface area contributed by atoms with Crippen molar-refractivity contribution in [1.82, 2.24) is 5.32 Å². The fourth-order valence-corrected chi connectivity index (χ4v) is 5.24. The second-order valence-electron chi connectivity index (χ2n) is 7.80. The third kappa shape index (κ3) is 4.78. The van der Waals surface area contributed by atoms with Crippen molar-refractivity contribution in [1.29, 1.82) is 0 Å². The maximum Gasteiger partial charge on any atom is 0.265 e. The smallest absolute Gasteiger partial charge is 0.265 e. The van der Waals surface area contributed by atoms with Gasteiger partial charge in [-0.25, -0.2) is 8.42 Å². The van der Waals surface area contributed by atoms with Crippen LogP contribution in [0.3, 0.4) is 0 Å². The van der Waals surface area contributed by atoms with Crippen LogP contribution in [0.15, 0.2) is 71.6 Å². The lowest BCUT2D eigenvalue weighted by Gasteiger charge is -2.20. The second-order valence-corrected chi connectivity index (χ2v) is 9.45. The topological polar surface area (TPSA) is 84.5 Å². The first-order valence-electron chi connectivity index (χ1n) is 10.6. The fourth-order valence-electron chi connectivity index (χ4n) is 3.95. The molecule has 2 N–H and O–H groups in total. The van der Waals surface area contributed by atoms with Crippen molar-refractivity contribution in [2.24, 2.45) is 0 Å². The summed E-state index contributed by atoms with van der Waals surface area (Å²) in [5, 5.41) is 2.85. The number of hydrogen-bond donors (Lipinski definition) is 2. The van der Waals surface area contributed by atoms with E-state index in [1.807, 2.05) is 36.4 Å². The molecule has 0 atom stereocenters. The third-order valence-electron chi connectivity index (χ3n) is 5.63. The van der Waals surface area contributed by atoms with Gasteiger partial charge in [0.1, 0.15) is 10.6 Å². The number of amides is 1. The van der Waals surface area contributed by atoms with E-state index in [0.29, 0.717) is 12.3 Å². The Morgan fingerprint density at radius 3 is 2.31 bits per heavy atom. The zero-order chi connectivity index (χ0) is 22.6. The summed E-state index contributed by atoms with van der Waals surface area (Å²) in [5.74, 6) is -0.0475. The average molecular weight is 451 g/mol. The minimum atomic E-state index is -3.97. The van der Waals surface area contributed by atoms with E-state index in [-0.39, 0.29) is 22.1 Å². The molecule has 0 bridgehead atoms. The van der Waals surface area contributed by atoms with Crippen molar-refractivity contribution < 1.29 is 17.9 Å². The number of nitrogens with one attached hydrogen (secondary N) is 2. The van der Waals surface area contributed by atoms with Crippen LogP contribution in [0.1, 0.15) is 39.9 Å². The molecular weight excluding hydrogens is 424 g/mol. The Labute approximate surface area is 188 Å². The molecule has 1 aliphatic rings. The molecule has 4 rings (SSSR count). The minimum absolute atomic E-state index is 0.0835. The number of benzene rings is 3. The van der Waals surface area contributed by atoms with E-state index < -0.39 is 10.0 Å². The molecule has 6 nitrogen and oxygen atoms in total. The molecule has 0 saturated carbocycles. The van der Waals surface area contributed by atoms with Gasteiger partial charge >= 0.3 is 0 Å². The number of carbonyl (C=O) groups is 1. The summed E-state index contributed by atoms with van der Waals surface area (Å²) in [4.78, 5) is 12.9. The molecule has 1 amide bonds. The van der Waals surface area contributed by atoms with Crippen LogP contribution in [-0.2, 0) is 29.4 Å². The highest BCUT2D eigenvalue weighted by atomic mass is 32.2. The van der Waals surface area contributed by atoms with Crippen molar-refractivity contribution in [3.63, 3.8) is 0 Å². The molecule has 0 aromatic heterocycles. The molecule has 0 spiro atoms. The highest BCUT2D eigenvalue weighted by Crippen LogP contribution is 2.33. The molecular formula is C25H26N2O4S. The summed E-state index contributed by atoms with van der Waals surface area (Å²) in [5.41, 5.74) is 3.60. The molecule has 32 heavy (non-hydrogen) atoms. The fraction of sp³-hybridized carbons (Fsp3) is 0.240. The number of methoxy groups -OCH3 is 1. The van der Waals surface area contributed by atoms with Gasteiger partial charge in [0.25, 0.3) is 15.9 Å². The van der Waals surface area contributed by atoms with E-state index in [1.165, 1.54) is 7.11 Å². The van der Waals surface area contributed by atoms with Gasteiger partial charge < -0.3 is 10.1 Å². The number of anilines is 1. The molecule has 0 fully saturated rings. The van der Waals surface area contributed by atoms with Crippen LogP contribution in [0.4, 0.5) is 5.69 Å². The number of rotatable bonds is 7. The lowest BCUT2D eigenvalue weighted by molar-refractivity contribution is 0.0952. The van der Waals surface area contributed by atoms with Crippen molar-refractivity contribution in [2.45, 2.75) is 37.1 Å². The van der Waals surface area contributed by atoms with Crippen molar-refractivity contribution >= 4 is 21.6 Å². The average Bonchev–Trinajstić information content (AvgIpc) is 2.82. The SMILES string of the molecule is COc1cc2c(cc1S(=O)(=O)Nc1ccccc1C(=O)NCc1ccccc1)CCCC2. The summed E-state index contributed by atoms with van der Waals surface area (Å²) in [7, 11) is -2.50. The maximum atomic E-state index is 13.3. The van der Waals surface area contributed by atoms with Crippen LogP contribution in [0.25, 0.3) is 0 Å². The van der Waals surface area contributed by atoms with Gasteiger partial charge in [0.2, 0.25) is 0 Å². The van der Waals surface area contributed by atoms with Gasteiger partial charge in [0, 0.05) is 6.54 Å². The molecule has 0 heterocycles. The molecule has 1 aliphatic carbocycles. The second kappa shape index (κ2) is 9.44. The van der Waals surface area contributed by atoms with Crippen LogP contribution in [-0.4, -0.2) is 21.4 Å². The number of aryl methyl sites for hydroxylation is 2. The molecule has 166 valence electrons. The number of para-hydroxylation sites is 1. The van der Waals surface area contributed by atoms with Gasteiger partial charge in [-0.1, -0.05) is 42.5 Å². The van der Waals surface area contributed by atoms with E-state index in [1.54, 1.807) is 30.3 Å². The summed E-state index contributed by atoms with van der Waals surface area (Å²) in [6, 6.07) is 19.6. The highest BCUT2D eigenvalue weighted by molar-refractivity contribution is 7.92. The normalized spacial score (nSPS) is 13.2. The van der Waals surface area contributed by atoms with E-state index in [4.69, 9.17) is 4.74 Å². The Hall–Kier alpha value is -3.32. The van der Waals surface area contributed by atoms with Gasteiger partial charge in [-0.2, -0.15) is 0 Å². The van der Waals surface area contributed by atoms with E-state index >= 15 is 0 Å². The van der Waals surface area contributed by atoms with Crippen LogP contribution in [0.5, 0.6) is 5.75 Å². The monoisotopic (exact) mass is 450 g/mol. The summed E-state index contributed by atoms with van der Waals surface area (Å²) in [6.45, 7) is 0.347. The largest absolute Gasteiger partial charge is 0.495 e. The molecule has 3 aromatic carbocycles. The zero-order valence-electron chi connectivity index (χ0n) is 17.9. The Morgan fingerprint density at radius 1 is 0.938 bits per heavy atom. The molecule has 7 heteroatoms. The van der Waals surface area contributed by atoms with Crippen LogP contribution in [0, 0.1) is 0 Å². The van der Waals surface area contributed by atoms with Gasteiger partial charge in [-0.15, -0.1) is 0 Å². The zero-order valence-corrected chi connectivity index (χ0v) is 18.7. The Bertz CT molecular complexity index is 1220. The summed E-state index contributed by atoms with van der Waals surface area (Å²) in [6.07, 6.45) is 3.90. The van der Waals surface area contributed by atoms with Crippen LogP contribution >= 0.6 is 0 Å². The Kier molecular flexibility index (Phi) is 6.46. The predicted molar refractivity (Wildman–Crippen MR) is 124 cm³/mol. The quantitative estimate of drug-likeness (QED) is 0.562. The van der Waals surface area contributed by atoms with Crippen molar-refractivity contribution in [2.75, 3.05) is 11.8 Å². The Morgan fingerprint density at radius 2 is 1.59 bits per heavy atom. The number of fused-ring (bicyclic) bond motifs is 1. The summed E-state index contributed by atoms with van der Waals surface area (Å²) >= 11 is 0. The molecule has 0 unspecified atom stereocenters. The molecule has 0 saturated heterocycles. The van der Waals surface area contributed by atoms with Crippen molar-refractivity contribution in [3.05, 3.63) is 89.0 Å². The first-order chi connectivity index (χ1) is 15.5. The van der Waals surface area contributed by atoms with Gasteiger partial charge in [0.15, 0.2) is 0 Å². The van der Waals surface area contributed by atoms with Gasteiger partial charge in [-0.3, -0.25) is 9.52 Å². The maximum absolute atomic E-state index is 13.3. The number of ether oxygens (including phenoxy) is 1. The molecule has 0 aliphatic heterocycles. The lowest BCUT2D eigenvalue weighted by atomic mass is 9.92. The van der Waals surface area contributed by atoms with E-state index in [2.05, 4.69) is 10.0 Å². The standard InChI is InChI=1S/C25H26N2O4S/c1-31-23-15-19-11-5-6-12-20(19)16-24(23)32(29,30)27-22-14-8-7-13-21(22)25(28)26-17-18-9-3-2-4-10-18/h2-4,7-10,13-16,27H,5-6,11-12,17H2,1H3,(H,26,28). The van der Waals surface area contributed by atoms with Crippen molar-refractivity contribution in [3.8, 4) is 5.75 Å². The molecule has 3 aromatic rings. The lowest BCUT2D eigenvalue weighted by Crippen LogP contribution is -2.25. The van der Waals surface area contributed by atoms with E-state index in [9.17, 15) is 13.2 Å². The number of sulfonamides is 1. The van der Waals surface area contributed by atoms with Gasteiger partial charge in [0.05, 0.1) is 18.4 Å². The predicted octanol–water partition coefficient (Wildman–Crippen LogP) is 4.30. The van der Waals surface area contributed by atoms with Crippen LogP contribution < -0.4 is 14.8 Å². The highest BCUT2D eigenvalue weighted by Gasteiger charge is 2.25. The Balaban J connectivity index is 1.60. The van der Waals surface area contributed by atoms with E-state index in [0.717, 1.165) is 42.4 Å². The first kappa shape index (κ1) is 21.9. The minimum Gasteiger partial charge on any atom is -0.495 e. The first-order valence-corrected chi connectivity index (χ1v) is 12.1. The van der Waals surface area contributed by atoms with Gasteiger partial charge in [-0.05, 0) is 66.6 Å². The molecule has 0 radical (unpaired) electrons. The van der Waals surface area contributed by atoms with Crippen LogP contribution in [0.2, 0.25) is 0 Å². The number of hydrogen-bond acceptors (Lipinski definition) is 4. The summed E-state index contributed by atoms with van der Waals surface area (Å²) < 4.78 is 34.6. The third-order valence-corrected chi connectivity index (χ3v) is 7.02.